The first-order chi connectivity index (χ1) is 8.58. The Morgan fingerprint density at radius 1 is 1.17 bits per heavy atom. The van der Waals surface area contributed by atoms with Crippen molar-refractivity contribution in [3.8, 4) is 5.88 Å². The Balaban J connectivity index is 2.27. The summed E-state index contributed by atoms with van der Waals surface area (Å²) in [5.74, 6) is -1.26. The lowest BCUT2D eigenvalue weighted by atomic mass is 10.3. The van der Waals surface area contributed by atoms with Crippen molar-refractivity contribution >= 4 is 17.5 Å². The second kappa shape index (κ2) is 4.82. The summed E-state index contributed by atoms with van der Waals surface area (Å²) >= 11 is 0. The van der Waals surface area contributed by atoms with Crippen LogP contribution in [0.4, 0.5) is 26.2 Å². The van der Waals surface area contributed by atoms with Gasteiger partial charge in [-0.05, 0) is 12.1 Å². The molecule has 0 saturated carbocycles. The van der Waals surface area contributed by atoms with E-state index in [1.54, 1.807) is 0 Å². The first kappa shape index (κ1) is 12.0. The number of nitrogens with zero attached hydrogens (tertiary/aromatic N) is 2. The van der Waals surface area contributed by atoms with Gasteiger partial charge >= 0.3 is 0 Å². The monoisotopic (exact) mass is 252 g/mol. The molecule has 0 atom stereocenters. The minimum Gasteiger partial charge on any atom is -0.481 e. The predicted octanol–water partition coefficient (Wildman–Crippen LogP) is 2.09. The van der Waals surface area contributed by atoms with E-state index in [0.29, 0.717) is 11.5 Å². The minimum absolute atomic E-state index is 0.0134. The third-order valence-electron chi connectivity index (χ3n) is 2.12. The van der Waals surface area contributed by atoms with Crippen LogP contribution in [0.1, 0.15) is 0 Å². The second-order valence-electron chi connectivity index (χ2n) is 3.41. The van der Waals surface area contributed by atoms with E-state index in [1.807, 2.05) is 0 Å². The number of anilines is 3. The number of hydrogen-bond acceptors (Lipinski definition) is 5. The average molecular weight is 252 g/mol. The Morgan fingerprint density at radius 2 is 1.94 bits per heavy atom. The first-order valence-corrected chi connectivity index (χ1v) is 4.99. The smallest absolute Gasteiger partial charge is 0.225 e. The van der Waals surface area contributed by atoms with Crippen LogP contribution < -0.4 is 15.8 Å². The van der Waals surface area contributed by atoms with E-state index in [0.717, 1.165) is 12.1 Å². The number of nitrogen functional groups attached to an aromatic ring is 1. The molecule has 18 heavy (non-hydrogen) atoms. The van der Waals surface area contributed by atoms with Crippen LogP contribution in [0.2, 0.25) is 0 Å². The molecule has 2 rings (SSSR count). The molecule has 94 valence electrons. The lowest BCUT2D eigenvalue weighted by Crippen LogP contribution is -2.02. The summed E-state index contributed by atoms with van der Waals surface area (Å²) in [6, 6.07) is 4.89. The van der Waals surface area contributed by atoms with Crippen LogP contribution in [0.15, 0.2) is 24.3 Å². The molecule has 0 aliphatic carbocycles. The molecule has 1 aromatic heterocycles. The van der Waals surface area contributed by atoms with Crippen LogP contribution in [0.3, 0.4) is 0 Å². The Bertz CT molecular complexity index is 577. The van der Waals surface area contributed by atoms with Crippen LogP contribution >= 0.6 is 0 Å². The minimum atomic E-state index is -0.950. The van der Waals surface area contributed by atoms with Gasteiger partial charge < -0.3 is 15.8 Å². The van der Waals surface area contributed by atoms with Gasteiger partial charge in [0.2, 0.25) is 11.8 Å². The lowest BCUT2D eigenvalue weighted by Gasteiger charge is -2.07. The van der Waals surface area contributed by atoms with E-state index in [-0.39, 0.29) is 11.8 Å². The number of methoxy groups -OCH3 is 1. The summed E-state index contributed by atoms with van der Waals surface area (Å²) < 4.78 is 30.7. The van der Waals surface area contributed by atoms with Crippen LogP contribution in [0.25, 0.3) is 0 Å². The zero-order valence-electron chi connectivity index (χ0n) is 9.45. The molecular weight excluding hydrogens is 242 g/mol. The molecular formula is C11H10F2N4O. The third kappa shape index (κ3) is 2.62. The van der Waals surface area contributed by atoms with Gasteiger partial charge in [-0.3, -0.25) is 0 Å². The fourth-order valence-electron chi connectivity index (χ4n) is 1.33. The number of nitrogens with one attached hydrogen (secondary N) is 1. The van der Waals surface area contributed by atoms with Crippen LogP contribution in [-0.4, -0.2) is 17.1 Å². The van der Waals surface area contributed by atoms with Gasteiger partial charge in [0.05, 0.1) is 7.11 Å². The number of halogens is 2. The molecule has 1 heterocycles. The van der Waals surface area contributed by atoms with Crippen molar-refractivity contribution < 1.29 is 13.5 Å². The van der Waals surface area contributed by atoms with Gasteiger partial charge in [-0.15, -0.1) is 0 Å². The zero-order valence-corrected chi connectivity index (χ0v) is 9.45. The number of benzene rings is 1. The van der Waals surface area contributed by atoms with Crippen LogP contribution in [-0.2, 0) is 0 Å². The molecule has 2 aromatic rings. The fraction of sp³-hybridized carbons (Fsp3) is 0.0909. The Kier molecular flexibility index (Phi) is 3.22. The van der Waals surface area contributed by atoms with Crippen molar-refractivity contribution in [2.24, 2.45) is 0 Å². The second-order valence-corrected chi connectivity index (χ2v) is 3.41. The standard InChI is InChI=1S/C11H10F2N4O/c1-18-10-5-9(16-11(14)17-10)15-6-2-3-7(12)8(13)4-6/h2-5H,1H3,(H3,14,15,16,17). The summed E-state index contributed by atoms with van der Waals surface area (Å²) in [6.07, 6.45) is 0. The fourth-order valence-corrected chi connectivity index (χ4v) is 1.33. The highest BCUT2D eigenvalue weighted by Crippen LogP contribution is 2.20. The summed E-state index contributed by atoms with van der Waals surface area (Å²) in [6.45, 7) is 0. The molecule has 0 saturated heterocycles. The normalized spacial score (nSPS) is 10.2. The molecule has 0 spiro atoms. The number of ether oxygens (including phenoxy) is 1. The molecule has 3 N–H and O–H groups in total. The summed E-state index contributed by atoms with van der Waals surface area (Å²) in [5.41, 5.74) is 5.81. The topological polar surface area (TPSA) is 73.1 Å². The summed E-state index contributed by atoms with van der Waals surface area (Å²) in [5, 5.41) is 2.77. The van der Waals surface area contributed by atoms with Crippen molar-refractivity contribution in [1.82, 2.24) is 9.97 Å². The van der Waals surface area contributed by atoms with Crippen LogP contribution in [0.5, 0.6) is 5.88 Å². The predicted molar refractivity (Wildman–Crippen MR) is 62.6 cm³/mol. The van der Waals surface area contributed by atoms with Gasteiger partial charge in [0.1, 0.15) is 5.82 Å². The van der Waals surface area contributed by atoms with Crippen LogP contribution in [0, 0.1) is 11.6 Å². The number of rotatable bonds is 3. The lowest BCUT2D eigenvalue weighted by molar-refractivity contribution is 0.398. The molecule has 1 aromatic carbocycles. The molecule has 5 nitrogen and oxygen atoms in total. The van der Waals surface area contributed by atoms with Crippen molar-refractivity contribution in [3.05, 3.63) is 35.9 Å². The Labute approximate surface area is 102 Å². The van der Waals surface area contributed by atoms with Crippen molar-refractivity contribution in [3.63, 3.8) is 0 Å². The maximum atomic E-state index is 13.0. The van der Waals surface area contributed by atoms with Gasteiger partial charge in [-0.2, -0.15) is 9.97 Å². The van der Waals surface area contributed by atoms with Crippen molar-refractivity contribution in [1.29, 1.82) is 0 Å². The van der Waals surface area contributed by atoms with Crippen molar-refractivity contribution in [2.45, 2.75) is 0 Å². The number of hydrogen-bond donors (Lipinski definition) is 2. The van der Waals surface area contributed by atoms with E-state index in [1.165, 1.54) is 19.2 Å². The van der Waals surface area contributed by atoms with Gasteiger partial charge in [0.25, 0.3) is 0 Å². The molecule has 0 unspecified atom stereocenters. The van der Waals surface area contributed by atoms with E-state index in [4.69, 9.17) is 10.5 Å². The highest BCUT2D eigenvalue weighted by Gasteiger charge is 2.05. The maximum Gasteiger partial charge on any atom is 0.225 e. The van der Waals surface area contributed by atoms with Crippen molar-refractivity contribution in [2.75, 3.05) is 18.2 Å². The molecule has 0 amide bonds. The van der Waals surface area contributed by atoms with E-state index < -0.39 is 11.6 Å². The SMILES string of the molecule is COc1cc(Nc2ccc(F)c(F)c2)nc(N)n1. The molecule has 0 fully saturated rings. The van der Waals surface area contributed by atoms with Gasteiger partial charge in [-0.1, -0.05) is 0 Å². The maximum absolute atomic E-state index is 13.0. The summed E-state index contributed by atoms with van der Waals surface area (Å²) in [4.78, 5) is 7.68. The molecule has 0 aliphatic rings. The molecule has 0 radical (unpaired) electrons. The van der Waals surface area contributed by atoms with Gasteiger partial charge in [0, 0.05) is 17.8 Å². The zero-order chi connectivity index (χ0) is 13.1. The Hall–Kier alpha value is -2.44. The average Bonchev–Trinajstić information content (AvgIpc) is 2.33. The highest BCUT2D eigenvalue weighted by molar-refractivity contribution is 5.57. The quantitative estimate of drug-likeness (QED) is 0.875. The summed E-state index contributed by atoms with van der Waals surface area (Å²) in [7, 11) is 1.43. The Morgan fingerprint density at radius 3 is 2.61 bits per heavy atom. The molecule has 0 aliphatic heterocycles. The largest absolute Gasteiger partial charge is 0.481 e. The van der Waals surface area contributed by atoms with Gasteiger partial charge in [0.15, 0.2) is 11.6 Å². The molecule has 7 heteroatoms. The highest BCUT2D eigenvalue weighted by atomic mass is 19.2. The third-order valence-corrected chi connectivity index (χ3v) is 2.12. The molecule has 0 bridgehead atoms. The first-order valence-electron chi connectivity index (χ1n) is 4.99. The van der Waals surface area contributed by atoms with E-state index in [9.17, 15) is 8.78 Å². The number of nitrogens with two attached hydrogens (primary N) is 1. The van der Waals surface area contributed by atoms with E-state index in [2.05, 4.69) is 15.3 Å². The van der Waals surface area contributed by atoms with Gasteiger partial charge in [-0.25, -0.2) is 8.78 Å². The van der Waals surface area contributed by atoms with E-state index >= 15 is 0 Å². The number of aromatic nitrogens is 2.